The lowest BCUT2D eigenvalue weighted by atomic mass is 10.1. The number of benzene rings is 1. The summed E-state index contributed by atoms with van der Waals surface area (Å²) in [6.07, 6.45) is -1.67. The fourth-order valence-electron chi connectivity index (χ4n) is 2.20. The standard InChI is InChI=1S/C16H13F3N2/c1-10-3-4-12(7-11(10)2)14-9-21-8-13(16(17,18)19)5-6-15(21)20-14/h3-9H,1-2H3. The van der Waals surface area contributed by atoms with Crippen LogP contribution in [-0.4, -0.2) is 9.38 Å². The zero-order valence-corrected chi connectivity index (χ0v) is 11.6. The van der Waals surface area contributed by atoms with Gasteiger partial charge in [-0.2, -0.15) is 13.2 Å². The first-order chi connectivity index (χ1) is 9.84. The minimum atomic E-state index is -4.35. The number of imidazole rings is 1. The van der Waals surface area contributed by atoms with Crippen LogP contribution >= 0.6 is 0 Å². The first-order valence-corrected chi connectivity index (χ1v) is 6.48. The molecular formula is C16H13F3N2. The molecule has 0 aliphatic heterocycles. The Morgan fingerprint density at radius 3 is 2.38 bits per heavy atom. The second kappa shape index (κ2) is 4.62. The van der Waals surface area contributed by atoms with E-state index < -0.39 is 11.7 Å². The van der Waals surface area contributed by atoms with Crippen LogP contribution in [0.4, 0.5) is 13.2 Å². The highest BCUT2D eigenvalue weighted by atomic mass is 19.4. The molecule has 5 heteroatoms. The van der Waals surface area contributed by atoms with Crippen molar-refractivity contribution in [3.8, 4) is 11.3 Å². The Balaban J connectivity index is 2.10. The molecule has 0 N–H and O–H groups in total. The Hall–Kier alpha value is -2.30. The molecule has 2 heterocycles. The van der Waals surface area contributed by atoms with E-state index in [0.717, 1.165) is 23.4 Å². The van der Waals surface area contributed by atoms with Gasteiger partial charge in [-0.1, -0.05) is 12.1 Å². The van der Waals surface area contributed by atoms with Crippen molar-refractivity contribution in [2.75, 3.05) is 0 Å². The first kappa shape index (κ1) is 13.7. The van der Waals surface area contributed by atoms with Crippen molar-refractivity contribution in [3.63, 3.8) is 0 Å². The van der Waals surface area contributed by atoms with Gasteiger partial charge in [-0.3, -0.25) is 0 Å². The van der Waals surface area contributed by atoms with Crippen LogP contribution < -0.4 is 0 Å². The van der Waals surface area contributed by atoms with E-state index in [1.807, 2.05) is 32.0 Å². The van der Waals surface area contributed by atoms with Crippen molar-refractivity contribution in [2.24, 2.45) is 0 Å². The predicted molar refractivity (Wildman–Crippen MR) is 75.1 cm³/mol. The molecular weight excluding hydrogens is 277 g/mol. The number of aromatic nitrogens is 2. The van der Waals surface area contributed by atoms with Crippen molar-refractivity contribution in [2.45, 2.75) is 20.0 Å². The number of alkyl halides is 3. The van der Waals surface area contributed by atoms with Gasteiger partial charge < -0.3 is 4.40 Å². The van der Waals surface area contributed by atoms with Crippen LogP contribution in [0.1, 0.15) is 16.7 Å². The molecule has 0 saturated carbocycles. The third kappa shape index (κ3) is 2.51. The highest BCUT2D eigenvalue weighted by molar-refractivity contribution is 5.64. The van der Waals surface area contributed by atoms with Crippen LogP contribution in [0, 0.1) is 13.8 Å². The summed E-state index contributed by atoms with van der Waals surface area (Å²) in [7, 11) is 0. The van der Waals surface area contributed by atoms with E-state index in [2.05, 4.69) is 4.98 Å². The fourth-order valence-corrected chi connectivity index (χ4v) is 2.20. The summed E-state index contributed by atoms with van der Waals surface area (Å²) in [6.45, 7) is 4.01. The smallest absolute Gasteiger partial charge is 0.306 e. The number of rotatable bonds is 1. The van der Waals surface area contributed by atoms with Crippen molar-refractivity contribution < 1.29 is 13.2 Å². The average Bonchev–Trinajstić information content (AvgIpc) is 2.83. The molecule has 2 aromatic heterocycles. The second-order valence-corrected chi connectivity index (χ2v) is 5.11. The van der Waals surface area contributed by atoms with E-state index >= 15 is 0 Å². The minimum absolute atomic E-state index is 0.497. The molecule has 108 valence electrons. The molecule has 0 saturated heterocycles. The second-order valence-electron chi connectivity index (χ2n) is 5.11. The summed E-state index contributed by atoms with van der Waals surface area (Å²) in [5, 5.41) is 0. The molecule has 3 rings (SSSR count). The molecule has 0 bridgehead atoms. The van der Waals surface area contributed by atoms with Gasteiger partial charge in [0.25, 0.3) is 0 Å². The molecule has 0 radical (unpaired) electrons. The van der Waals surface area contributed by atoms with Gasteiger partial charge >= 0.3 is 6.18 Å². The third-order valence-electron chi connectivity index (χ3n) is 3.58. The molecule has 1 aromatic carbocycles. The van der Waals surface area contributed by atoms with Crippen LogP contribution in [-0.2, 0) is 6.18 Å². The van der Waals surface area contributed by atoms with E-state index in [-0.39, 0.29) is 0 Å². The van der Waals surface area contributed by atoms with Crippen LogP contribution in [0.3, 0.4) is 0 Å². The molecule has 0 aliphatic carbocycles. The Labute approximate surface area is 119 Å². The van der Waals surface area contributed by atoms with Crippen LogP contribution in [0.5, 0.6) is 0 Å². The number of pyridine rings is 1. The van der Waals surface area contributed by atoms with Crippen molar-refractivity contribution in [1.82, 2.24) is 9.38 Å². The summed E-state index contributed by atoms with van der Waals surface area (Å²) in [6, 6.07) is 8.33. The Morgan fingerprint density at radius 1 is 0.952 bits per heavy atom. The number of hydrogen-bond acceptors (Lipinski definition) is 1. The topological polar surface area (TPSA) is 17.3 Å². The molecule has 0 aliphatic rings. The Bertz CT molecular complexity index is 816. The van der Waals surface area contributed by atoms with E-state index in [4.69, 9.17) is 0 Å². The SMILES string of the molecule is Cc1ccc(-c2cn3cc(C(F)(F)F)ccc3n2)cc1C. The van der Waals surface area contributed by atoms with Crippen molar-refractivity contribution in [1.29, 1.82) is 0 Å². The van der Waals surface area contributed by atoms with Crippen LogP contribution in [0.2, 0.25) is 0 Å². The molecule has 0 atom stereocenters. The summed E-state index contributed by atoms with van der Waals surface area (Å²) in [5.41, 5.74) is 3.67. The molecule has 0 unspecified atom stereocenters. The molecule has 21 heavy (non-hydrogen) atoms. The molecule has 0 fully saturated rings. The van der Waals surface area contributed by atoms with Gasteiger partial charge in [-0.15, -0.1) is 0 Å². The highest BCUT2D eigenvalue weighted by Gasteiger charge is 2.30. The zero-order chi connectivity index (χ0) is 15.2. The van der Waals surface area contributed by atoms with Crippen LogP contribution in [0.15, 0.2) is 42.7 Å². The highest BCUT2D eigenvalue weighted by Crippen LogP contribution is 2.30. The molecule has 0 spiro atoms. The number of aryl methyl sites for hydroxylation is 2. The zero-order valence-electron chi connectivity index (χ0n) is 11.6. The monoisotopic (exact) mass is 290 g/mol. The predicted octanol–water partition coefficient (Wildman–Crippen LogP) is 4.64. The number of fused-ring (bicyclic) bond motifs is 1. The van der Waals surface area contributed by atoms with Crippen molar-refractivity contribution >= 4 is 5.65 Å². The van der Waals surface area contributed by atoms with Crippen molar-refractivity contribution in [3.05, 3.63) is 59.4 Å². The Kier molecular flexibility index (Phi) is 3.01. The van der Waals surface area contributed by atoms with E-state index in [9.17, 15) is 13.2 Å². The van der Waals surface area contributed by atoms with Gasteiger partial charge in [-0.05, 0) is 43.2 Å². The van der Waals surface area contributed by atoms with Gasteiger partial charge in [0.1, 0.15) is 5.65 Å². The van der Waals surface area contributed by atoms with E-state index in [0.29, 0.717) is 11.3 Å². The normalized spacial score (nSPS) is 12.0. The molecule has 0 amide bonds. The van der Waals surface area contributed by atoms with Gasteiger partial charge in [0.15, 0.2) is 0 Å². The van der Waals surface area contributed by atoms with Gasteiger partial charge in [0, 0.05) is 18.0 Å². The van der Waals surface area contributed by atoms with Gasteiger partial charge in [-0.25, -0.2) is 4.98 Å². The van der Waals surface area contributed by atoms with Gasteiger partial charge in [0.2, 0.25) is 0 Å². The van der Waals surface area contributed by atoms with Gasteiger partial charge in [0.05, 0.1) is 11.3 Å². The number of halogens is 3. The number of hydrogen-bond donors (Lipinski definition) is 0. The third-order valence-corrected chi connectivity index (χ3v) is 3.58. The first-order valence-electron chi connectivity index (χ1n) is 6.48. The minimum Gasteiger partial charge on any atom is -0.306 e. The largest absolute Gasteiger partial charge is 0.417 e. The fraction of sp³-hybridized carbons (Fsp3) is 0.188. The number of nitrogens with zero attached hydrogens (tertiary/aromatic N) is 2. The maximum Gasteiger partial charge on any atom is 0.417 e. The lowest BCUT2D eigenvalue weighted by molar-refractivity contribution is -0.137. The molecule has 3 aromatic rings. The maximum atomic E-state index is 12.7. The lowest BCUT2D eigenvalue weighted by Crippen LogP contribution is -2.05. The summed E-state index contributed by atoms with van der Waals surface area (Å²) in [4.78, 5) is 4.37. The summed E-state index contributed by atoms with van der Waals surface area (Å²) >= 11 is 0. The summed E-state index contributed by atoms with van der Waals surface area (Å²) < 4.78 is 39.5. The quantitative estimate of drug-likeness (QED) is 0.638. The molecule has 2 nitrogen and oxygen atoms in total. The van der Waals surface area contributed by atoms with Crippen LogP contribution in [0.25, 0.3) is 16.9 Å². The Morgan fingerprint density at radius 2 is 1.71 bits per heavy atom. The van der Waals surface area contributed by atoms with E-state index in [1.165, 1.54) is 16.0 Å². The summed E-state index contributed by atoms with van der Waals surface area (Å²) in [5.74, 6) is 0. The average molecular weight is 290 g/mol. The van der Waals surface area contributed by atoms with E-state index in [1.54, 1.807) is 6.20 Å². The lowest BCUT2D eigenvalue weighted by Gasteiger charge is -2.05. The maximum absolute atomic E-state index is 12.7.